The zero-order valence-corrected chi connectivity index (χ0v) is 19.9. The van der Waals surface area contributed by atoms with Crippen LogP contribution in [0, 0.1) is 11.8 Å². The summed E-state index contributed by atoms with van der Waals surface area (Å²) in [6.45, 7) is 2.12. The number of ether oxygens (including phenoxy) is 2. The van der Waals surface area contributed by atoms with E-state index in [2.05, 4.69) is 0 Å². The lowest BCUT2D eigenvalue weighted by Gasteiger charge is -2.27. The van der Waals surface area contributed by atoms with Crippen LogP contribution in [0.4, 0.5) is 5.69 Å². The van der Waals surface area contributed by atoms with Crippen molar-refractivity contribution in [1.82, 2.24) is 0 Å². The number of amides is 2. The van der Waals surface area contributed by atoms with E-state index in [4.69, 9.17) is 21.1 Å². The van der Waals surface area contributed by atoms with Gasteiger partial charge in [0, 0.05) is 16.1 Å². The van der Waals surface area contributed by atoms with Crippen molar-refractivity contribution in [2.24, 2.45) is 11.8 Å². The first-order chi connectivity index (χ1) is 17.4. The maximum Gasteiger partial charge on any atom is 0.241 e. The monoisotopic (exact) mass is 501 g/mol. The van der Waals surface area contributed by atoms with Crippen LogP contribution in [-0.4, -0.2) is 35.6 Å². The van der Waals surface area contributed by atoms with Gasteiger partial charge in [0.05, 0.1) is 30.2 Å². The summed E-state index contributed by atoms with van der Waals surface area (Å²) in [4.78, 5) is 56.6. The van der Waals surface area contributed by atoms with Gasteiger partial charge < -0.3 is 9.47 Å². The summed E-state index contributed by atoms with van der Waals surface area (Å²) in [7, 11) is 0. The van der Waals surface area contributed by atoms with E-state index in [0.29, 0.717) is 22.9 Å². The highest BCUT2D eigenvalue weighted by Crippen LogP contribution is 2.58. The molecular formula is C28H20ClNO6. The number of carbonyl (C=O) groups is 4. The van der Waals surface area contributed by atoms with E-state index in [1.165, 1.54) is 0 Å². The molecule has 0 radical (unpaired) electrons. The van der Waals surface area contributed by atoms with Crippen molar-refractivity contribution in [3.8, 4) is 5.75 Å². The first kappa shape index (κ1) is 22.6. The molecule has 2 fully saturated rings. The van der Waals surface area contributed by atoms with Gasteiger partial charge in [0.25, 0.3) is 0 Å². The average molecular weight is 502 g/mol. The zero-order chi connectivity index (χ0) is 25.2. The molecule has 1 aliphatic carbocycles. The van der Waals surface area contributed by atoms with Gasteiger partial charge in [0.15, 0.2) is 0 Å². The number of fused-ring (bicyclic) bond motifs is 3. The smallest absolute Gasteiger partial charge is 0.241 e. The minimum absolute atomic E-state index is 0.187. The van der Waals surface area contributed by atoms with Crippen molar-refractivity contribution < 1.29 is 28.7 Å². The number of Topliss-reactive ketones (excluding diaryl/α,β-unsaturated/α-hetero) is 2. The third kappa shape index (κ3) is 2.90. The number of anilines is 1. The van der Waals surface area contributed by atoms with Gasteiger partial charge >= 0.3 is 0 Å². The summed E-state index contributed by atoms with van der Waals surface area (Å²) in [6.07, 6.45) is -1.00. The Labute approximate surface area is 211 Å². The van der Waals surface area contributed by atoms with Gasteiger partial charge in [-0.05, 0) is 36.8 Å². The highest BCUT2D eigenvalue weighted by atomic mass is 35.5. The number of rotatable bonds is 4. The summed E-state index contributed by atoms with van der Waals surface area (Å²) in [5, 5.41) is 0.476. The molecule has 8 heteroatoms. The first-order valence-electron chi connectivity index (χ1n) is 11.6. The van der Waals surface area contributed by atoms with E-state index >= 15 is 0 Å². The maximum atomic E-state index is 14.0. The molecule has 2 amide bonds. The Kier molecular flexibility index (Phi) is 5.10. The van der Waals surface area contributed by atoms with Crippen molar-refractivity contribution in [1.29, 1.82) is 0 Å². The largest absolute Gasteiger partial charge is 0.492 e. The van der Waals surface area contributed by atoms with Gasteiger partial charge in [0.1, 0.15) is 5.75 Å². The standard InChI is InChI=1S/C28H20ClNO6/c1-2-35-20-10-6-5-9-19(20)30-26(33)21-22(27(30)34)28(36-23(21)15-11-13-16(29)14-12-15)24(31)17-7-3-4-8-18(17)25(28)32/h3-14,21-23H,2H2,1H3/t21-,22+,23-/m0/s1. The number of hydrogen-bond acceptors (Lipinski definition) is 6. The molecule has 0 N–H and O–H groups in total. The summed E-state index contributed by atoms with van der Waals surface area (Å²) < 4.78 is 11.9. The Balaban J connectivity index is 1.54. The number of para-hydroxylation sites is 2. The second-order valence-electron chi connectivity index (χ2n) is 8.95. The third-order valence-corrected chi connectivity index (χ3v) is 7.38. The Morgan fingerprint density at radius 1 is 0.861 bits per heavy atom. The Hall–Kier alpha value is -3.81. The maximum absolute atomic E-state index is 14.0. The van der Waals surface area contributed by atoms with Gasteiger partial charge in [-0.3, -0.25) is 19.2 Å². The van der Waals surface area contributed by atoms with Crippen molar-refractivity contribution in [2.45, 2.75) is 18.6 Å². The molecule has 0 saturated carbocycles. The van der Waals surface area contributed by atoms with E-state index in [1.54, 1.807) is 79.7 Å². The van der Waals surface area contributed by atoms with Crippen LogP contribution in [0.1, 0.15) is 39.3 Å². The van der Waals surface area contributed by atoms with E-state index in [-0.39, 0.29) is 16.8 Å². The topological polar surface area (TPSA) is 90.0 Å². The van der Waals surface area contributed by atoms with Crippen LogP contribution in [-0.2, 0) is 14.3 Å². The van der Waals surface area contributed by atoms with Crippen molar-refractivity contribution in [3.05, 3.63) is 94.5 Å². The summed E-state index contributed by atoms with van der Waals surface area (Å²) in [5.41, 5.74) is -0.938. The van der Waals surface area contributed by atoms with Gasteiger partial charge in [-0.25, -0.2) is 4.90 Å². The van der Waals surface area contributed by atoms with Crippen LogP contribution in [0.15, 0.2) is 72.8 Å². The second kappa shape index (κ2) is 8.11. The molecule has 2 heterocycles. The first-order valence-corrected chi connectivity index (χ1v) is 12.0. The van der Waals surface area contributed by atoms with Crippen molar-refractivity contribution >= 4 is 40.7 Å². The molecule has 3 aromatic carbocycles. The minimum atomic E-state index is -2.12. The number of nitrogens with zero attached hydrogens (tertiary/aromatic N) is 1. The number of benzene rings is 3. The average Bonchev–Trinajstić information content (AvgIpc) is 3.45. The molecule has 0 aromatic heterocycles. The summed E-state index contributed by atoms with van der Waals surface area (Å²) >= 11 is 6.07. The molecule has 7 nitrogen and oxygen atoms in total. The van der Waals surface area contributed by atoms with Crippen molar-refractivity contribution in [2.75, 3.05) is 11.5 Å². The molecular weight excluding hydrogens is 482 g/mol. The van der Waals surface area contributed by atoms with Crippen LogP contribution >= 0.6 is 11.6 Å². The van der Waals surface area contributed by atoms with Crippen LogP contribution in [0.25, 0.3) is 0 Å². The number of carbonyl (C=O) groups excluding carboxylic acids is 4. The number of hydrogen-bond donors (Lipinski definition) is 0. The third-order valence-electron chi connectivity index (χ3n) is 7.12. The molecule has 3 atom stereocenters. The van der Waals surface area contributed by atoms with Gasteiger partial charge in [-0.1, -0.05) is 60.1 Å². The number of halogens is 1. The molecule has 36 heavy (non-hydrogen) atoms. The quantitative estimate of drug-likeness (QED) is 0.388. The fourth-order valence-corrected chi connectivity index (χ4v) is 5.75. The van der Waals surface area contributed by atoms with Gasteiger partial charge in [0.2, 0.25) is 29.0 Å². The molecule has 6 rings (SSSR count). The Morgan fingerprint density at radius 3 is 2.11 bits per heavy atom. The van der Waals surface area contributed by atoms with E-state index < -0.39 is 46.9 Å². The summed E-state index contributed by atoms with van der Waals surface area (Å²) in [6, 6.07) is 19.7. The SMILES string of the molecule is CCOc1ccccc1N1C(=O)[C@@H]2[C@H](c3ccc(Cl)cc3)OC3(C(=O)c4ccccc4C3=O)[C@H]2C1=O. The normalized spacial score (nSPS) is 23.9. The van der Waals surface area contributed by atoms with E-state index in [0.717, 1.165) is 4.90 Å². The lowest BCUT2D eigenvalue weighted by Crippen LogP contribution is -2.51. The summed E-state index contributed by atoms with van der Waals surface area (Å²) in [5.74, 6) is -4.48. The molecule has 0 unspecified atom stereocenters. The molecule has 0 bridgehead atoms. The van der Waals surface area contributed by atoms with Crippen LogP contribution in [0.2, 0.25) is 5.02 Å². The zero-order valence-electron chi connectivity index (χ0n) is 19.1. The molecule has 2 aliphatic heterocycles. The van der Waals surface area contributed by atoms with Crippen LogP contribution in [0.3, 0.4) is 0 Å². The highest BCUT2D eigenvalue weighted by molar-refractivity contribution is 6.37. The fraction of sp³-hybridized carbons (Fsp3) is 0.214. The van der Waals surface area contributed by atoms with Crippen molar-refractivity contribution in [3.63, 3.8) is 0 Å². The van der Waals surface area contributed by atoms with Crippen LogP contribution in [0.5, 0.6) is 5.75 Å². The predicted octanol–water partition coefficient (Wildman–Crippen LogP) is 4.43. The van der Waals surface area contributed by atoms with E-state index in [9.17, 15) is 19.2 Å². The molecule has 180 valence electrons. The van der Waals surface area contributed by atoms with Gasteiger partial charge in [-0.15, -0.1) is 0 Å². The van der Waals surface area contributed by atoms with E-state index in [1.807, 2.05) is 0 Å². The minimum Gasteiger partial charge on any atom is -0.492 e. The number of imide groups is 1. The number of ketones is 2. The lowest BCUT2D eigenvalue weighted by molar-refractivity contribution is -0.127. The molecule has 1 spiro atoms. The molecule has 3 aromatic rings. The van der Waals surface area contributed by atoms with Crippen LogP contribution < -0.4 is 9.64 Å². The van der Waals surface area contributed by atoms with Gasteiger partial charge in [-0.2, -0.15) is 0 Å². The molecule has 3 aliphatic rings. The highest BCUT2D eigenvalue weighted by Gasteiger charge is 2.74. The predicted molar refractivity (Wildman–Crippen MR) is 130 cm³/mol. The Bertz CT molecular complexity index is 1410. The lowest BCUT2D eigenvalue weighted by atomic mass is 9.77. The second-order valence-corrected chi connectivity index (χ2v) is 9.38. The Morgan fingerprint density at radius 2 is 1.47 bits per heavy atom. The fourth-order valence-electron chi connectivity index (χ4n) is 5.63. The molecule has 2 saturated heterocycles.